The van der Waals surface area contributed by atoms with Crippen LogP contribution >= 0.6 is 0 Å². The highest BCUT2D eigenvalue weighted by atomic mass is 19.4. The molecule has 8 heteroatoms. The van der Waals surface area contributed by atoms with Crippen molar-refractivity contribution < 1.29 is 27.4 Å². The molecule has 122 valence electrons. The van der Waals surface area contributed by atoms with Crippen LogP contribution in [0, 0.1) is 0 Å². The predicted octanol–water partition coefficient (Wildman–Crippen LogP) is 3.10. The SMILES string of the molecule is CC(C)(C)OC(=O)N1CC(Oc2ccc(C(F)(F)F)cn2)C1. The van der Waals surface area contributed by atoms with E-state index in [2.05, 4.69) is 4.98 Å². The fourth-order valence-corrected chi connectivity index (χ4v) is 1.78. The lowest BCUT2D eigenvalue weighted by atomic mass is 10.1. The number of hydrogen-bond acceptors (Lipinski definition) is 4. The Morgan fingerprint density at radius 3 is 2.36 bits per heavy atom. The molecule has 0 N–H and O–H groups in total. The first kappa shape index (κ1) is 16.4. The van der Waals surface area contributed by atoms with Gasteiger partial charge >= 0.3 is 12.3 Å². The fraction of sp³-hybridized carbons (Fsp3) is 0.571. The zero-order valence-electron chi connectivity index (χ0n) is 12.5. The van der Waals surface area contributed by atoms with E-state index >= 15 is 0 Å². The topological polar surface area (TPSA) is 51.7 Å². The molecule has 0 bridgehead atoms. The van der Waals surface area contributed by atoms with Gasteiger partial charge in [-0.2, -0.15) is 13.2 Å². The number of carbonyl (C=O) groups is 1. The van der Waals surface area contributed by atoms with Crippen molar-refractivity contribution in [1.82, 2.24) is 9.88 Å². The number of nitrogens with zero attached hydrogens (tertiary/aromatic N) is 2. The Labute approximate surface area is 126 Å². The van der Waals surface area contributed by atoms with E-state index in [9.17, 15) is 18.0 Å². The van der Waals surface area contributed by atoms with Crippen molar-refractivity contribution in [1.29, 1.82) is 0 Å². The molecule has 1 aliphatic heterocycles. The third-order valence-corrected chi connectivity index (χ3v) is 2.85. The fourth-order valence-electron chi connectivity index (χ4n) is 1.78. The second-order valence-electron chi connectivity index (χ2n) is 6.01. The standard InChI is InChI=1S/C14H17F3N2O3/c1-13(2,3)22-12(20)19-7-10(8-19)21-11-5-4-9(6-18-11)14(15,16)17/h4-6,10H,7-8H2,1-3H3. The third-order valence-electron chi connectivity index (χ3n) is 2.85. The summed E-state index contributed by atoms with van der Waals surface area (Å²) in [5.74, 6) is 0.0989. The number of ether oxygens (including phenoxy) is 2. The van der Waals surface area contributed by atoms with Crippen molar-refractivity contribution in [2.24, 2.45) is 0 Å². The molecule has 1 amide bonds. The summed E-state index contributed by atoms with van der Waals surface area (Å²) in [4.78, 5) is 16.8. The van der Waals surface area contributed by atoms with Gasteiger partial charge in [0.2, 0.25) is 5.88 Å². The van der Waals surface area contributed by atoms with Gasteiger partial charge in [0.25, 0.3) is 0 Å². The summed E-state index contributed by atoms with van der Waals surface area (Å²) in [6.07, 6.45) is -4.43. The van der Waals surface area contributed by atoms with Crippen LogP contribution in [0.1, 0.15) is 26.3 Å². The zero-order valence-corrected chi connectivity index (χ0v) is 12.5. The molecule has 5 nitrogen and oxygen atoms in total. The molecule has 2 rings (SSSR count). The quantitative estimate of drug-likeness (QED) is 0.841. The average molecular weight is 318 g/mol. The Bertz CT molecular complexity index is 532. The van der Waals surface area contributed by atoms with Crippen LogP contribution < -0.4 is 4.74 Å². The summed E-state index contributed by atoms with van der Waals surface area (Å²) < 4.78 is 47.8. The molecule has 0 unspecified atom stereocenters. The van der Waals surface area contributed by atoms with Crippen molar-refractivity contribution in [3.8, 4) is 5.88 Å². The molecule has 0 spiro atoms. The number of halogens is 3. The number of pyridine rings is 1. The molecule has 0 atom stereocenters. The van der Waals surface area contributed by atoms with E-state index in [4.69, 9.17) is 9.47 Å². The zero-order chi connectivity index (χ0) is 16.5. The summed E-state index contributed by atoms with van der Waals surface area (Å²) in [5, 5.41) is 0. The monoisotopic (exact) mass is 318 g/mol. The normalized spacial score (nSPS) is 16.2. The Kier molecular flexibility index (Phi) is 4.21. The van der Waals surface area contributed by atoms with E-state index in [0.717, 1.165) is 12.3 Å². The summed E-state index contributed by atoms with van der Waals surface area (Å²) >= 11 is 0. The van der Waals surface area contributed by atoms with Gasteiger partial charge in [0.05, 0.1) is 18.7 Å². The van der Waals surface area contributed by atoms with Gasteiger partial charge in [-0.05, 0) is 26.8 Å². The van der Waals surface area contributed by atoms with Gasteiger partial charge in [-0.25, -0.2) is 9.78 Å². The number of rotatable bonds is 2. The van der Waals surface area contributed by atoms with Crippen molar-refractivity contribution >= 4 is 6.09 Å². The first-order valence-corrected chi connectivity index (χ1v) is 6.72. The molecular formula is C14H17F3N2O3. The molecule has 1 aromatic rings. The van der Waals surface area contributed by atoms with E-state index in [1.54, 1.807) is 20.8 Å². The molecule has 0 aromatic carbocycles. The highest BCUT2D eigenvalue weighted by molar-refractivity contribution is 5.69. The van der Waals surface area contributed by atoms with E-state index in [0.29, 0.717) is 13.1 Å². The second kappa shape index (κ2) is 5.66. The van der Waals surface area contributed by atoms with Crippen LogP contribution in [-0.2, 0) is 10.9 Å². The average Bonchev–Trinajstić information content (AvgIpc) is 2.30. The van der Waals surface area contributed by atoms with Gasteiger partial charge in [-0.3, -0.25) is 0 Å². The smallest absolute Gasteiger partial charge is 0.417 e. The first-order chi connectivity index (χ1) is 10.0. The van der Waals surface area contributed by atoms with Gasteiger partial charge < -0.3 is 14.4 Å². The van der Waals surface area contributed by atoms with Crippen LogP contribution in [-0.4, -0.2) is 40.8 Å². The van der Waals surface area contributed by atoms with E-state index in [1.165, 1.54) is 11.0 Å². The molecular weight excluding hydrogens is 301 g/mol. The summed E-state index contributed by atoms with van der Waals surface area (Å²) in [6.45, 7) is 5.94. The van der Waals surface area contributed by atoms with Crippen LogP contribution in [0.25, 0.3) is 0 Å². The maximum Gasteiger partial charge on any atom is 0.417 e. The van der Waals surface area contributed by atoms with E-state index < -0.39 is 23.4 Å². The summed E-state index contributed by atoms with van der Waals surface area (Å²) in [5.41, 5.74) is -1.40. The Hall–Kier alpha value is -1.99. The van der Waals surface area contributed by atoms with Crippen LogP contribution in [0.2, 0.25) is 0 Å². The van der Waals surface area contributed by atoms with Crippen LogP contribution in [0.3, 0.4) is 0 Å². The highest BCUT2D eigenvalue weighted by Crippen LogP contribution is 2.29. The number of aromatic nitrogens is 1. The number of likely N-dealkylation sites (tertiary alicyclic amines) is 1. The Morgan fingerprint density at radius 1 is 1.27 bits per heavy atom. The molecule has 1 aliphatic rings. The van der Waals surface area contributed by atoms with E-state index in [1.807, 2.05) is 0 Å². The van der Waals surface area contributed by atoms with Gasteiger partial charge in [0.15, 0.2) is 0 Å². The van der Waals surface area contributed by atoms with Gasteiger partial charge in [-0.15, -0.1) is 0 Å². The third kappa shape index (κ3) is 4.25. The number of amides is 1. The lowest BCUT2D eigenvalue weighted by Gasteiger charge is -2.39. The van der Waals surface area contributed by atoms with Crippen LogP contribution in [0.5, 0.6) is 5.88 Å². The van der Waals surface area contributed by atoms with Crippen LogP contribution in [0.15, 0.2) is 18.3 Å². The molecule has 1 saturated heterocycles. The second-order valence-corrected chi connectivity index (χ2v) is 6.01. The maximum atomic E-state index is 12.4. The van der Waals surface area contributed by atoms with Crippen LogP contribution in [0.4, 0.5) is 18.0 Å². The van der Waals surface area contributed by atoms with Crippen molar-refractivity contribution in [3.63, 3.8) is 0 Å². The maximum absolute atomic E-state index is 12.4. The lowest BCUT2D eigenvalue weighted by Crippen LogP contribution is -2.57. The summed E-state index contributed by atoms with van der Waals surface area (Å²) in [6, 6.07) is 2.07. The largest absolute Gasteiger partial charge is 0.471 e. The predicted molar refractivity (Wildman–Crippen MR) is 71.5 cm³/mol. The molecule has 0 radical (unpaired) electrons. The van der Waals surface area contributed by atoms with Gasteiger partial charge in [0.1, 0.15) is 11.7 Å². The number of hydrogen-bond donors (Lipinski definition) is 0. The number of alkyl halides is 3. The summed E-state index contributed by atoms with van der Waals surface area (Å²) in [7, 11) is 0. The highest BCUT2D eigenvalue weighted by Gasteiger charge is 2.35. The van der Waals surface area contributed by atoms with Crippen molar-refractivity contribution in [2.45, 2.75) is 38.7 Å². The van der Waals surface area contributed by atoms with Gasteiger partial charge in [0, 0.05) is 12.3 Å². The minimum atomic E-state index is -4.42. The number of carbonyl (C=O) groups excluding carboxylic acids is 1. The molecule has 1 fully saturated rings. The van der Waals surface area contributed by atoms with Gasteiger partial charge in [-0.1, -0.05) is 0 Å². The first-order valence-electron chi connectivity index (χ1n) is 6.72. The van der Waals surface area contributed by atoms with Crippen molar-refractivity contribution in [2.75, 3.05) is 13.1 Å². The molecule has 1 aromatic heterocycles. The lowest BCUT2D eigenvalue weighted by molar-refractivity contribution is -0.137. The Balaban J connectivity index is 1.82. The minimum absolute atomic E-state index is 0.0989. The molecule has 0 aliphatic carbocycles. The van der Waals surface area contributed by atoms with Crippen molar-refractivity contribution in [3.05, 3.63) is 23.9 Å². The van der Waals surface area contributed by atoms with E-state index in [-0.39, 0.29) is 12.0 Å². The molecule has 0 saturated carbocycles. The molecule has 22 heavy (non-hydrogen) atoms. The minimum Gasteiger partial charge on any atom is -0.471 e. The molecule has 2 heterocycles. The Morgan fingerprint density at radius 2 is 1.91 bits per heavy atom.